The summed E-state index contributed by atoms with van der Waals surface area (Å²) in [4.78, 5) is 12.0. The van der Waals surface area contributed by atoms with Crippen LogP contribution in [0.2, 0.25) is 5.02 Å². The molecule has 0 aliphatic heterocycles. The van der Waals surface area contributed by atoms with E-state index in [2.05, 4.69) is 10.5 Å². The molecule has 0 saturated carbocycles. The summed E-state index contributed by atoms with van der Waals surface area (Å²) in [5.74, 6) is -0.179. The average molecular weight is 343 g/mol. The van der Waals surface area contributed by atoms with Crippen LogP contribution in [0.1, 0.15) is 18.2 Å². The van der Waals surface area contributed by atoms with Crippen molar-refractivity contribution in [1.29, 1.82) is 0 Å². The van der Waals surface area contributed by atoms with E-state index in [-0.39, 0.29) is 11.6 Å². The van der Waals surface area contributed by atoms with Crippen LogP contribution in [0.25, 0.3) is 0 Å². The molecule has 6 nitrogen and oxygen atoms in total. The Labute approximate surface area is 133 Å². The fourth-order valence-electron chi connectivity index (χ4n) is 1.75. The largest absolute Gasteiger partial charge is 0.360 e. The Balaban J connectivity index is 2.07. The van der Waals surface area contributed by atoms with Crippen molar-refractivity contribution in [2.45, 2.75) is 24.9 Å². The highest BCUT2D eigenvalue weighted by Crippen LogP contribution is 2.16. The number of hydrogen-bond acceptors (Lipinski definition) is 5. The van der Waals surface area contributed by atoms with Crippen LogP contribution in [0.4, 0.5) is 5.82 Å². The summed E-state index contributed by atoms with van der Waals surface area (Å²) in [6.07, 6.45) is 0. The number of aromatic nitrogens is 1. The first-order valence-corrected chi connectivity index (χ1v) is 8.57. The minimum absolute atomic E-state index is 0.191. The van der Waals surface area contributed by atoms with Crippen molar-refractivity contribution in [2.75, 3.05) is 5.32 Å². The number of benzene rings is 1. The second-order valence-electron chi connectivity index (χ2n) is 4.89. The number of carbonyl (C=O) groups excluding carboxylic acids is 1. The van der Waals surface area contributed by atoms with E-state index in [1.165, 1.54) is 13.0 Å². The molecule has 0 bridgehead atoms. The van der Waals surface area contributed by atoms with Gasteiger partial charge in [-0.25, -0.2) is 8.42 Å². The van der Waals surface area contributed by atoms with Crippen LogP contribution in [-0.4, -0.2) is 24.7 Å². The zero-order chi connectivity index (χ0) is 16.3. The van der Waals surface area contributed by atoms with Gasteiger partial charge in [-0.05, 0) is 31.5 Å². The number of anilines is 1. The SMILES string of the molecule is Cc1cc(NC(=O)[C@@H](C)S(=O)(=O)Cc2ccc(Cl)cc2)no1. The summed E-state index contributed by atoms with van der Waals surface area (Å²) in [7, 11) is -3.65. The topological polar surface area (TPSA) is 89.3 Å². The molecular weight excluding hydrogens is 328 g/mol. The number of nitrogens with one attached hydrogen (secondary N) is 1. The van der Waals surface area contributed by atoms with Crippen LogP contribution in [-0.2, 0) is 20.4 Å². The first-order chi connectivity index (χ1) is 10.3. The van der Waals surface area contributed by atoms with Crippen LogP contribution in [0.3, 0.4) is 0 Å². The van der Waals surface area contributed by atoms with Gasteiger partial charge >= 0.3 is 0 Å². The van der Waals surface area contributed by atoms with Gasteiger partial charge in [0.15, 0.2) is 15.7 Å². The molecule has 22 heavy (non-hydrogen) atoms. The van der Waals surface area contributed by atoms with Crippen molar-refractivity contribution in [3.05, 3.63) is 46.7 Å². The summed E-state index contributed by atoms with van der Waals surface area (Å²) < 4.78 is 29.4. The predicted octanol–water partition coefficient (Wildman–Crippen LogP) is 2.58. The zero-order valence-electron chi connectivity index (χ0n) is 12.0. The van der Waals surface area contributed by atoms with E-state index in [1.54, 1.807) is 31.2 Å². The Bertz CT molecular complexity index is 768. The highest BCUT2D eigenvalue weighted by molar-refractivity contribution is 7.92. The van der Waals surface area contributed by atoms with Crippen LogP contribution < -0.4 is 5.32 Å². The summed E-state index contributed by atoms with van der Waals surface area (Å²) in [5, 5.41) is 5.33. The first-order valence-electron chi connectivity index (χ1n) is 6.48. The maximum Gasteiger partial charge on any atom is 0.243 e. The zero-order valence-corrected chi connectivity index (χ0v) is 13.6. The van der Waals surface area contributed by atoms with Gasteiger partial charge in [0.1, 0.15) is 11.0 Å². The lowest BCUT2D eigenvalue weighted by atomic mass is 10.2. The second kappa shape index (κ2) is 6.50. The van der Waals surface area contributed by atoms with Gasteiger partial charge in [0, 0.05) is 11.1 Å². The Morgan fingerprint density at radius 2 is 2.00 bits per heavy atom. The third-order valence-electron chi connectivity index (χ3n) is 3.07. The molecule has 2 rings (SSSR count). The number of halogens is 1. The Hall–Kier alpha value is -1.86. The van der Waals surface area contributed by atoms with E-state index in [0.717, 1.165) is 0 Å². The second-order valence-corrected chi connectivity index (χ2v) is 7.65. The number of amides is 1. The van der Waals surface area contributed by atoms with Crippen molar-refractivity contribution < 1.29 is 17.7 Å². The number of aryl methyl sites for hydroxylation is 1. The van der Waals surface area contributed by atoms with Crippen molar-refractivity contribution >= 4 is 33.2 Å². The molecule has 1 amide bonds. The highest BCUT2D eigenvalue weighted by Gasteiger charge is 2.28. The monoisotopic (exact) mass is 342 g/mol. The van der Waals surface area contributed by atoms with Gasteiger partial charge in [0.05, 0.1) is 5.75 Å². The Kier molecular flexibility index (Phi) is 4.87. The molecule has 1 aromatic heterocycles. The van der Waals surface area contributed by atoms with Crippen LogP contribution in [0, 0.1) is 6.92 Å². The molecule has 0 unspecified atom stereocenters. The summed E-state index contributed by atoms with van der Waals surface area (Å²) in [6, 6.07) is 7.96. The number of rotatable bonds is 5. The van der Waals surface area contributed by atoms with Crippen molar-refractivity contribution in [3.63, 3.8) is 0 Å². The molecule has 0 spiro atoms. The molecule has 1 heterocycles. The van der Waals surface area contributed by atoms with Gasteiger partial charge in [-0.15, -0.1) is 0 Å². The van der Waals surface area contributed by atoms with E-state index in [4.69, 9.17) is 16.1 Å². The van der Waals surface area contributed by atoms with Crippen molar-refractivity contribution in [2.24, 2.45) is 0 Å². The lowest BCUT2D eigenvalue weighted by Crippen LogP contribution is -2.33. The molecule has 8 heteroatoms. The molecule has 0 aliphatic rings. The maximum atomic E-state index is 12.3. The number of sulfone groups is 1. The lowest BCUT2D eigenvalue weighted by molar-refractivity contribution is -0.115. The van der Waals surface area contributed by atoms with E-state index in [9.17, 15) is 13.2 Å². The van der Waals surface area contributed by atoms with E-state index in [0.29, 0.717) is 16.3 Å². The Morgan fingerprint density at radius 3 is 2.55 bits per heavy atom. The van der Waals surface area contributed by atoms with Crippen LogP contribution in [0.5, 0.6) is 0 Å². The maximum absolute atomic E-state index is 12.3. The quantitative estimate of drug-likeness (QED) is 0.902. The van der Waals surface area contributed by atoms with Gasteiger partial charge in [0.2, 0.25) is 5.91 Å². The average Bonchev–Trinajstić information content (AvgIpc) is 2.85. The number of carbonyl (C=O) groups is 1. The molecule has 0 saturated heterocycles. The lowest BCUT2D eigenvalue weighted by Gasteiger charge is -2.12. The number of hydrogen-bond donors (Lipinski definition) is 1. The molecule has 1 N–H and O–H groups in total. The van der Waals surface area contributed by atoms with Gasteiger partial charge < -0.3 is 9.84 Å². The molecule has 0 aliphatic carbocycles. The summed E-state index contributed by atoms with van der Waals surface area (Å²) >= 11 is 5.76. The molecule has 1 atom stereocenters. The fourth-order valence-corrected chi connectivity index (χ4v) is 3.17. The standard InChI is InChI=1S/C14H15ClN2O4S/c1-9-7-13(17-21-9)16-14(18)10(2)22(19,20)8-11-3-5-12(15)6-4-11/h3-7,10H,8H2,1-2H3,(H,16,17,18)/t10-/m1/s1. The van der Waals surface area contributed by atoms with Gasteiger partial charge in [-0.3, -0.25) is 4.79 Å². The molecule has 2 aromatic rings. The molecule has 0 radical (unpaired) electrons. The third kappa shape index (κ3) is 4.08. The van der Waals surface area contributed by atoms with Crippen molar-refractivity contribution in [3.8, 4) is 0 Å². The van der Waals surface area contributed by atoms with E-state index >= 15 is 0 Å². The molecule has 0 fully saturated rings. The molecule has 118 valence electrons. The van der Waals surface area contributed by atoms with Crippen LogP contribution in [0.15, 0.2) is 34.9 Å². The minimum Gasteiger partial charge on any atom is -0.360 e. The van der Waals surface area contributed by atoms with Gasteiger partial charge in [-0.1, -0.05) is 28.9 Å². The summed E-state index contributed by atoms with van der Waals surface area (Å²) in [6.45, 7) is 3.01. The fraction of sp³-hybridized carbons (Fsp3) is 0.286. The number of nitrogens with zero attached hydrogens (tertiary/aromatic N) is 1. The summed E-state index contributed by atoms with van der Waals surface area (Å²) in [5.41, 5.74) is 0.571. The van der Waals surface area contributed by atoms with Gasteiger partial charge in [-0.2, -0.15) is 0 Å². The normalized spacial score (nSPS) is 12.9. The van der Waals surface area contributed by atoms with Gasteiger partial charge in [0.25, 0.3) is 0 Å². The Morgan fingerprint density at radius 1 is 1.36 bits per heavy atom. The van der Waals surface area contributed by atoms with E-state index < -0.39 is 21.0 Å². The van der Waals surface area contributed by atoms with Crippen molar-refractivity contribution in [1.82, 2.24) is 5.16 Å². The molecular formula is C14H15ClN2O4S. The smallest absolute Gasteiger partial charge is 0.243 e. The predicted molar refractivity (Wildman–Crippen MR) is 83.4 cm³/mol. The minimum atomic E-state index is -3.65. The van der Waals surface area contributed by atoms with E-state index in [1.807, 2.05) is 0 Å². The third-order valence-corrected chi connectivity index (χ3v) is 5.35. The van der Waals surface area contributed by atoms with Crippen LogP contribution >= 0.6 is 11.6 Å². The highest BCUT2D eigenvalue weighted by atomic mass is 35.5. The first kappa shape index (κ1) is 16.5. The molecule has 1 aromatic carbocycles.